The van der Waals surface area contributed by atoms with Crippen LogP contribution in [0.2, 0.25) is 0 Å². The van der Waals surface area contributed by atoms with Crippen LogP contribution in [-0.4, -0.2) is 23.6 Å². The molecule has 1 amide bonds. The predicted molar refractivity (Wildman–Crippen MR) is 71.3 cm³/mol. The van der Waals surface area contributed by atoms with Crippen molar-refractivity contribution < 1.29 is 4.79 Å². The number of carbonyl (C=O) groups excluding carboxylic acids is 1. The Morgan fingerprint density at radius 3 is 2.88 bits per heavy atom. The van der Waals surface area contributed by atoms with Gasteiger partial charge >= 0.3 is 0 Å². The fourth-order valence-electron chi connectivity index (χ4n) is 1.50. The molecule has 1 atom stereocenters. The molecule has 1 aromatic rings. The van der Waals surface area contributed by atoms with Gasteiger partial charge in [0.05, 0.1) is 6.04 Å². The molecule has 2 N–H and O–H groups in total. The van der Waals surface area contributed by atoms with Crippen molar-refractivity contribution in [2.24, 2.45) is 0 Å². The zero-order valence-corrected chi connectivity index (χ0v) is 10.7. The first-order valence-electron chi connectivity index (χ1n) is 4.95. The molecule has 3 nitrogen and oxygen atoms in total. The first kappa shape index (κ1) is 13.4. The third-order valence-corrected chi connectivity index (χ3v) is 3.38. The third kappa shape index (κ3) is 3.14. The van der Waals surface area contributed by atoms with Gasteiger partial charge in [-0.15, -0.1) is 24.2 Å². The number of rotatable bonds is 2. The molecule has 0 saturated carbocycles. The molecule has 1 aliphatic rings. The summed E-state index contributed by atoms with van der Waals surface area (Å²) in [5.41, 5.74) is 2.00. The molecule has 0 unspecified atom stereocenters. The van der Waals surface area contributed by atoms with Gasteiger partial charge in [-0.25, -0.2) is 0 Å². The number of thioether (sulfide) groups is 1. The molecular weight excluding hydrogens is 244 g/mol. The Hall–Kier alpha value is -0.710. The van der Waals surface area contributed by atoms with Crippen molar-refractivity contribution in [1.29, 1.82) is 0 Å². The quantitative estimate of drug-likeness (QED) is 0.853. The van der Waals surface area contributed by atoms with Crippen LogP contribution in [-0.2, 0) is 4.79 Å². The van der Waals surface area contributed by atoms with Gasteiger partial charge in [0.1, 0.15) is 0 Å². The maximum atomic E-state index is 11.8. The first-order valence-corrected chi connectivity index (χ1v) is 6.10. The summed E-state index contributed by atoms with van der Waals surface area (Å²) < 4.78 is 0. The molecule has 1 saturated heterocycles. The van der Waals surface area contributed by atoms with Crippen LogP contribution in [0.15, 0.2) is 24.3 Å². The van der Waals surface area contributed by atoms with Crippen molar-refractivity contribution >= 4 is 35.8 Å². The van der Waals surface area contributed by atoms with Crippen molar-refractivity contribution in [2.75, 3.05) is 16.9 Å². The molecule has 0 aromatic heterocycles. The molecule has 5 heteroatoms. The lowest BCUT2D eigenvalue weighted by molar-refractivity contribution is -0.117. The molecule has 0 radical (unpaired) electrons. The number of hydrogen-bond donors (Lipinski definition) is 2. The van der Waals surface area contributed by atoms with Gasteiger partial charge in [-0.2, -0.15) is 0 Å². The number of anilines is 1. The highest BCUT2D eigenvalue weighted by atomic mass is 35.5. The van der Waals surface area contributed by atoms with Crippen LogP contribution in [0.1, 0.15) is 5.56 Å². The molecule has 2 rings (SSSR count). The maximum absolute atomic E-state index is 11.8. The monoisotopic (exact) mass is 258 g/mol. The van der Waals surface area contributed by atoms with Gasteiger partial charge in [-0.3, -0.25) is 10.1 Å². The minimum absolute atomic E-state index is 0. The van der Waals surface area contributed by atoms with Crippen LogP contribution in [0.4, 0.5) is 5.69 Å². The molecule has 1 fully saturated rings. The van der Waals surface area contributed by atoms with E-state index in [4.69, 9.17) is 0 Å². The van der Waals surface area contributed by atoms with E-state index in [1.165, 1.54) is 0 Å². The van der Waals surface area contributed by atoms with E-state index in [2.05, 4.69) is 10.6 Å². The van der Waals surface area contributed by atoms with Crippen LogP contribution in [0.5, 0.6) is 0 Å². The third-order valence-electron chi connectivity index (χ3n) is 2.44. The van der Waals surface area contributed by atoms with E-state index in [-0.39, 0.29) is 24.4 Å². The number of hydrogen-bond acceptors (Lipinski definition) is 3. The highest BCUT2D eigenvalue weighted by Crippen LogP contribution is 2.15. The molecule has 1 heterocycles. The van der Waals surface area contributed by atoms with Gasteiger partial charge in [0, 0.05) is 17.3 Å². The van der Waals surface area contributed by atoms with E-state index in [1.54, 1.807) is 11.8 Å². The summed E-state index contributed by atoms with van der Waals surface area (Å²) in [5.74, 6) is 1.79. The summed E-state index contributed by atoms with van der Waals surface area (Å²) >= 11 is 1.75. The number of benzene rings is 1. The van der Waals surface area contributed by atoms with E-state index in [0.717, 1.165) is 22.9 Å². The Balaban J connectivity index is 0.00000128. The second-order valence-corrected chi connectivity index (χ2v) is 4.61. The summed E-state index contributed by atoms with van der Waals surface area (Å²) in [6.07, 6.45) is 0. The second kappa shape index (κ2) is 6.13. The lowest BCUT2D eigenvalue weighted by Crippen LogP contribution is -2.37. The van der Waals surface area contributed by atoms with Crippen molar-refractivity contribution in [1.82, 2.24) is 5.32 Å². The largest absolute Gasteiger partial charge is 0.324 e. The molecule has 0 spiro atoms. The normalized spacial score (nSPS) is 18.9. The minimum atomic E-state index is -0.0467. The Labute approximate surface area is 106 Å². The summed E-state index contributed by atoms with van der Waals surface area (Å²) in [5, 5.41) is 6.08. The van der Waals surface area contributed by atoms with Gasteiger partial charge in [-0.05, 0) is 18.6 Å². The van der Waals surface area contributed by atoms with Crippen molar-refractivity contribution in [3.05, 3.63) is 29.8 Å². The van der Waals surface area contributed by atoms with E-state index in [0.29, 0.717) is 0 Å². The Morgan fingerprint density at radius 2 is 2.25 bits per heavy atom. The van der Waals surface area contributed by atoms with Crippen LogP contribution in [0.25, 0.3) is 0 Å². The van der Waals surface area contributed by atoms with Gasteiger partial charge < -0.3 is 5.32 Å². The fourth-order valence-corrected chi connectivity index (χ4v) is 2.44. The minimum Gasteiger partial charge on any atom is -0.324 e. The lowest BCUT2D eigenvalue weighted by Gasteiger charge is -2.11. The summed E-state index contributed by atoms with van der Waals surface area (Å²) in [6, 6.07) is 7.77. The van der Waals surface area contributed by atoms with Crippen LogP contribution < -0.4 is 10.6 Å². The summed E-state index contributed by atoms with van der Waals surface area (Å²) in [6.45, 7) is 1.99. The lowest BCUT2D eigenvalue weighted by atomic mass is 10.2. The van der Waals surface area contributed by atoms with Crippen LogP contribution in [0, 0.1) is 6.92 Å². The summed E-state index contributed by atoms with van der Waals surface area (Å²) in [7, 11) is 0. The highest BCUT2D eigenvalue weighted by molar-refractivity contribution is 7.99. The number of amides is 1. The number of nitrogens with one attached hydrogen (secondary N) is 2. The van der Waals surface area contributed by atoms with Gasteiger partial charge in [0.15, 0.2) is 0 Å². The van der Waals surface area contributed by atoms with Gasteiger partial charge in [0.25, 0.3) is 0 Å². The number of aryl methyl sites for hydroxylation is 1. The first-order chi connectivity index (χ1) is 7.27. The van der Waals surface area contributed by atoms with Crippen molar-refractivity contribution in [2.45, 2.75) is 13.0 Å². The molecule has 0 aliphatic carbocycles. The molecule has 88 valence electrons. The topological polar surface area (TPSA) is 41.1 Å². The van der Waals surface area contributed by atoms with E-state index in [9.17, 15) is 4.79 Å². The molecule has 16 heavy (non-hydrogen) atoms. The van der Waals surface area contributed by atoms with E-state index >= 15 is 0 Å². The van der Waals surface area contributed by atoms with Crippen LogP contribution >= 0.6 is 24.2 Å². The zero-order chi connectivity index (χ0) is 10.7. The number of para-hydroxylation sites is 1. The zero-order valence-electron chi connectivity index (χ0n) is 9.03. The number of halogens is 1. The van der Waals surface area contributed by atoms with Crippen molar-refractivity contribution in [3.8, 4) is 0 Å². The van der Waals surface area contributed by atoms with Gasteiger partial charge in [-0.1, -0.05) is 18.2 Å². The standard InChI is InChI=1S/C11H14N2OS.ClH/c1-8-4-2-3-5-9(8)13-11(14)10-6-15-7-12-10;/h2-5,10,12H,6-7H2,1H3,(H,13,14);1H/t10-;/m1./s1. The molecule has 1 aliphatic heterocycles. The van der Waals surface area contributed by atoms with Crippen LogP contribution in [0.3, 0.4) is 0 Å². The smallest absolute Gasteiger partial charge is 0.242 e. The SMILES string of the molecule is Cc1ccccc1NC(=O)[C@H]1CSCN1.Cl. The van der Waals surface area contributed by atoms with E-state index in [1.807, 2.05) is 31.2 Å². The summed E-state index contributed by atoms with van der Waals surface area (Å²) in [4.78, 5) is 11.8. The molecular formula is C11H15ClN2OS. The predicted octanol–water partition coefficient (Wildman–Crippen LogP) is 2.02. The average molecular weight is 259 g/mol. The second-order valence-electron chi connectivity index (χ2n) is 3.58. The van der Waals surface area contributed by atoms with E-state index < -0.39 is 0 Å². The molecule has 1 aromatic carbocycles. The van der Waals surface area contributed by atoms with Crippen molar-refractivity contribution in [3.63, 3.8) is 0 Å². The fraction of sp³-hybridized carbons (Fsp3) is 0.364. The molecule has 0 bridgehead atoms. The number of carbonyl (C=O) groups is 1. The Morgan fingerprint density at radius 1 is 1.50 bits per heavy atom. The maximum Gasteiger partial charge on any atom is 0.242 e. The van der Waals surface area contributed by atoms with Gasteiger partial charge in [0.2, 0.25) is 5.91 Å². The Bertz CT molecular complexity index is 367. The highest BCUT2D eigenvalue weighted by Gasteiger charge is 2.22. The average Bonchev–Trinajstić information content (AvgIpc) is 2.74. The Kier molecular flexibility index (Phi) is 5.12.